The van der Waals surface area contributed by atoms with Gasteiger partial charge in [0.25, 0.3) is 0 Å². The van der Waals surface area contributed by atoms with Gasteiger partial charge in [0.05, 0.1) is 6.54 Å². The number of fused-ring (bicyclic) bond motifs is 2. The van der Waals surface area contributed by atoms with Crippen LogP contribution in [0.3, 0.4) is 0 Å². The fourth-order valence-corrected chi connectivity index (χ4v) is 2.77. The van der Waals surface area contributed by atoms with Crippen molar-refractivity contribution in [2.45, 2.75) is 6.54 Å². The van der Waals surface area contributed by atoms with Gasteiger partial charge in [-0.3, -0.25) is 10.4 Å². The lowest BCUT2D eigenvalue weighted by Crippen LogP contribution is -2.30. The number of hydrogen-bond acceptors (Lipinski definition) is 2. The van der Waals surface area contributed by atoms with E-state index in [1.54, 1.807) is 0 Å². The molecule has 3 heteroatoms. The van der Waals surface area contributed by atoms with Crippen LogP contribution in [-0.2, 0) is 6.54 Å². The van der Waals surface area contributed by atoms with Gasteiger partial charge in [0, 0.05) is 22.7 Å². The quantitative estimate of drug-likeness (QED) is 0.599. The molecule has 3 aromatic rings. The SMILES string of the molecule is N=c1c2cccc3cccc(c4n1CCN=4)c32. The molecule has 0 unspecified atom stereocenters. The predicted molar refractivity (Wildman–Crippen MR) is 66.9 cm³/mol. The van der Waals surface area contributed by atoms with E-state index >= 15 is 0 Å². The zero-order chi connectivity index (χ0) is 11.4. The first kappa shape index (κ1) is 8.93. The van der Waals surface area contributed by atoms with E-state index in [0.29, 0.717) is 5.49 Å². The van der Waals surface area contributed by atoms with Crippen LogP contribution >= 0.6 is 0 Å². The fourth-order valence-electron chi connectivity index (χ4n) is 2.77. The number of aromatic nitrogens is 1. The first-order valence-corrected chi connectivity index (χ1v) is 5.79. The molecule has 1 aromatic heterocycles. The number of hydrogen-bond donors (Lipinski definition) is 1. The van der Waals surface area contributed by atoms with Crippen LogP contribution in [0.1, 0.15) is 0 Å². The second-order valence-corrected chi connectivity index (χ2v) is 4.41. The predicted octanol–water partition coefficient (Wildman–Crippen LogP) is 1.63. The van der Waals surface area contributed by atoms with Gasteiger partial charge in [-0.2, -0.15) is 0 Å². The Morgan fingerprint density at radius 3 is 2.65 bits per heavy atom. The Bertz CT molecular complexity index is 853. The number of nitrogens with zero attached hydrogens (tertiary/aromatic N) is 2. The Balaban J connectivity index is 2.50. The molecule has 0 radical (unpaired) electrons. The molecule has 17 heavy (non-hydrogen) atoms. The average molecular weight is 221 g/mol. The normalized spacial score (nSPS) is 14.1. The zero-order valence-electron chi connectivity index (χ0n) is 9.27. The van der Waals surface area contributed by atoms with Crippen molar-refractivity contribution in [1.82, 2.24) is 4.57 Å². The van der Waals surface area contributed by atoms with E-state index in [-0.39, 0.29) is 0 Å². The van der Waals surface area contributed by atoms with Gasteiger partial charge in [-0.05, 0) is 5.39 Å². The van der Waals surface area contributed by atoms with Gasteiger partial charge >= 0.3 is 0 Å². The standard InChI is InChI=1S/C14H11N3/c15-13-10-5-1-3-9-4-2-6-11(12(9)10)14-16-7-8-17(13)14/h1-6,15H,7-8H2. The van der Waals surface area contributed by atoms with E-state index < -0.39 is 0 Å². The monoisotopic (exact) mass is 221 g/mol. The molecule has 82 valence electrons. The summed E-state index contributed by atoms with van der Waals surface area (Å²) in [5.74, 6) is 0. The van der Waals surface area contributed by atoms with Crippen LogP contribution in [0.15, 0.2) is 41.4 Å². The van der Waals surface area contributed by atoms with E-state index in [9.17, 15) is 0 Å². The van der Waals surface area contributed by atoms with E-state index in [1.165, 1.54) is 16.2 Å². The van der Waals surface area contributed by atoms with Crippen molar-refractivity contribution in [3.8, 4) is 0 Å². The van der Waals surface area contributed by atoms with E-state index in [2.05, 4.69) is 29.3 Å². The van der Waals surface area contributed by atoms with Crippen LogP contribution in [0.2, 0.25) is 0 Å². The van der Waals surface area contributed by atoms with Gasteiger partial charge < -0.3 is 4.57 Å². The lowest BCUT2D eigenvalue weighted by molar-refractivity contribution is 0.715. The maximum absolute atomic E-state index is 8.28. The first-order valence-electron chi connectivity index (χ1n) is 5.79. The van der Waals surface area contributed by atoms with Crippen LogP contribution in [0.25, 0.3) is 21.5 Å². The van der Waals surface area contributed by atoms with Gasteiger partial charge in [-0.15, -0.1) is 0 Å². The third kappa shape index (κ3) is 1.01. The molecule has 2 aromatic carbocycles. The molecule has 0 aliphatic carbocycles. The first-order chi connectivity index (χ1) is 8.36. The summed E-state index contributed by atoms with van der Waals surface area (Å²) < 4.78 is 2.01. The molecule has 0 saturated heterocycles. The Morgan fingerprint density at radius 2 is 1.82 bits per heavy atom. The Kier molecular flexibility index (Phi) is 1.55. The van der Waals surface area contributed by atoms with Crippen molar-refractivity contribution in [1.29, 1.82) is 5.41 Å². The van der Waals surface area contributed by atoms with Crippen molar-refractivity contribution >= 4 is 21.5 Å². The van der Waals surface area contributed by atoms with Crippen LogP contribution in [0.5, 0.6) is 0 Å². The number of rotatable bonds is 0. The second-order valence-electron chi connectivity index (χ2n) is 4.41. The molecule has 1 N–H and O–H groups in total. The number of nitrogens with one attached hydrogen (secondary N) is 1. The third-order valence-electron chi connectivity index (χ3n) is 3.51. The van der Waals surface area contributed by atoms with Gasteiger partial charge in [0.1, 0.15) is 11.0 Å². The molecule has 2 heterocycles. The van der Waals surface area contributed by atoms with E-state index in [4.69, 9.17) is 5.41 Å². The lowest BCUT2D eigenvalue weighted by Gasteiger charge is -2.09. The van der Waals surface area contributed by atoms with Crippen molar-refractivity contribution in [3.63, 3.8) is 0 Å². The van der Waals surface area contributed by atoms with Gasteiger partial charge in [0.15, 0.2) is 0 Å². The molecular formula is C14H11N3. The minimum absolute atomic E-state index is 0.588. The molecule has 4 rings (SSSR count). The number of pyridine rings is 1. The Morgan fingerprint density at radius 1 is 1.06 bits per heavy atom. The minimum atomic E-state index is 0.588. The maximum atomic E-state index is 8.28. The molecular weight excluding hydrogens is 210 g/mol. The van der Waals surface area contributed by atoms with E-state index in [0.717, 1.165) is 24.0 Å². The minimum Gasteiger partial charge on any atom is -0.309 e. The summed E-state index contributed by atoms with van der Waals surface area (Å²) in [6, 6.07) is 12.4. The highest BCUT2D eigenvalue weighted by Gasteiger charge is 2.12. The fraction of sp³-hybridized carbons (Fsp3) is 0.143. The summed E-state index contributed by atoms with van der Waals surface area (Å²) >= 11 is 0. The van der Waals surface area contributed by atoms with Crippen LogP contribution in [0.4, 0.5) is 0 Å². The van der Waals surface area contributed by atoms with Crippen molar-refractivity contribution in [3.05, 3.63) is 47.4 Å². The summed E-state index contributed by atoms with van der Waals surface area (Å²) in [4.78, 5) is 4.53. The molecule has 1 aliphatic rings. The van der Waals surface area contributed by atoms with Gasteiger partial charge in [-0.25, -0.2) is 0 Å². The second kappa shape index (κ2) is 2.94. The highest BCUT2D eigenvalue weighted by Crippen LogP contribution is 2.22. The maximum Gasteiger partial charge on any atom is 0.137 e. The average Bonchev–Trinajstić information content (AvgIpc) is 2.85. The molecule has 1 aliphatic heterocycles. The van der Waals surface area contributed by atoms with Crippen molar-refractivity contribution < 1.29 is 0 Å². The third-order valence-corrected chi connectivity index (χ3v) is 3.51. The molecule has 0 bridgehead atoms. The topological polar surface area (TPSA) is 41.1 Å². The van der Waals surface area contributed by atoms with Crippen LogP contribution < -0.4 is 11.0 Å². The molecule has 0 atom stereocenters. The highest BCUT2D eigenvalue weighted by molar-refractivity contribution is 6.09. The van der Waals surface area contributed by atoms with E-state index in [1.807, 2.05) is 16.7 Å². The molecule has 3 nitrogen and oxygen atoms in total. The summed E-state index contributed by atoms with van der Waals surface area (Å²) in [6.45, 7) is 1.63. The highest BCUT2D eigenvalue weighted by atomic mass is 15.1. The summed E-state index contributed by atoms with van der Waals surface area (Å²) in [5, 5.41) is 12.8. The molecule has 0 saturated carbocycles. The lowest BCUT2D eigenvalue weighted by atomic mass is 10.0. The molecule has 0 fully saturated rings. The number of benzene rings is 2. The van der Waals surface area contributed by atoms with Crippen LogP contribution in [-0.4, -0.2) is 11.1 Å². The Labute approximate surface area is 97.5 Å². The summed E-state index contributed by atoms with van der Waals surface area (Å²) in [7, 11) is 0. The molecule has 0 amide bonds. The van der Waals surface area contributed by atoms with Crippen molar-refractivity contribution in [2.24, 2.45) is 4.99 Å². The summed E-state index contributed by atoms with van der Waals surface area (Å²) in [6.07, 6.45) is 0. The zero-order valence-corrected chi connectivity index (χ0v) is 9.27. The van der Waals surface area contributed by atoms with Crippen LogP contribution in [0, 0.1) is 5.41 Å². The molecule has 0 spiro atoms. The smallest absolute Gasteiger partial charge is 0.137 e. The van der Waals surface area contributed by atoms with Gasteiger partial charge in [-0.1, -0.05) is 36.4 Å². The summed E-state index contributed by atoms with van der Waals surface area (Å²) in [5.41, 5.74) is 1.56. The largest absolute Gasteiger partial charge is 0.309 e. The van der Waals surface area contributed by atoms with Gasteiger partial charge in [0.2, 0.25) is 0 Å². The van der Waals surface area contributed by atoms with Crippen molar-refractivity contribution in [2.75, 3.05) is 6.54 Å². The Hall–Kier alpha value is -2.16.